The van der Waals surface area contributed by atoms with Gasteiger partial charge in [0.1, 0.15) is 5.54 Å². The van der Waals surface area contributed by atoms with Crippen molar-refractivity contribution in [3.8, 4) is 0 Å². The summed E-state index contributed by atoms with van der Waals surface area (Å²) in [6.45, 7) is 1.83. The fraction of sp³-hybridized carbons (Fsp3) is 0.333. The molecule has 0 spiro atoms. The number of hydrogen-bond acceptors (Lipinski definition) is 3. The molecule has 0 fully saturated rings. The van der Waals surface area contributed by atoms with Crippen molar-refractivity contribution >= 4 is 11.8 Å². The lowest BCUT2D eigenvalue weighted by atomic mass is 9.92. The Kier molecular flexibility index (Phi) is 4.23. The van der Waals surface area contributed by atoms with E-state index in [2.05, 4.69) is 5.32 Å². The molecule has 1 aromatic rings. The van der Waals surface area contributed by atoms with Crippen molar-refractivity contribution in [2.75, 3.05) is 6.54 Å². The van der Waals surface area contributed by atoms with E-state index in [1.165, 1.54) is 0 Å². The third-order valence-electron chi connectivity index (χ3n) is 2.50. The molecule has 0 aliphatic heterocycles. The standard InChI is InChI=1S/C12H17N3O2/c1-12(14,9-5-3-2-4-6-9)11(17)15-8-7-10(13)16/h2-6H,7-8,14H2,1H3,(H2,13,16)(H,15,17). The highest BCUT2D eigenvalue weighted by Gasteiger charge is 2.29. The molecule has 92 valence electrons. The molecular formula is C12H17N3O2. The molecule has 1 rings (SSSR count). The highest BCUT2D eigenvalue weighted by atomic mass is 16.2. The third-order valence-corrected chi connectivity index (χ3v) is 2.50. The van der Waals surface area contributed by atoms with Gasteiger partial charge < -0.3 is 16.8 Å². The molecule has 0 bridgehead atoms. The van der Waals surface area contributed by atoms with Gasteiger partial charge in [0, 0.05) is 13.0 Å². The minimum Gasteiger partial charge on any atom is -0.370 e. The topological polar surface area (TPSA) is 98.2 Å². The number of nitrogens with two attached hydrogens (primary N) is 2. The van der Waals surface area contributed by atoms with Gasteiger partial charge in [-0.15, -0.1) is 0 Å². The average molecular weight is 235 g/mol. The molecule has 5 nitrogen and oxygen atoms in total. The van der Waals surface area contributed by atoms with E-state index in [-0.39, 0.29) is 18.9 Å². The van der Waals surface area contributed by atoms with E-state index < -0.39 is 11.4 Å². The van der Waals surface area contributed by atoms with Gasteiger partial charge in [0.25, 0.3) is 0 Å². The predicted molar refractivity (Wildman–Crippen MR) is 64.8 cm³/mol. The van der Waals surface area contributed by atoms with Crippen LogP contribution in [-0.2, 0) is 15.1 Å². The zero-order valence-electron chi connectivity index (χ0n) is 9.77. The summed E-state index contributed by atoms with van der Waals surface area (Å²) in [7, 11) is 0. The fourth-order valence-corrected chi connectivity index (χ4v) is 1.40. The number of rotatable bonds is 5. The average Bonchev–Trinajstić information content (AvgIpc) is 2.29. The lowest BCUT2D eigenvalue weighted by Gasteiger charge is -2.23. The van der Waals surface area contributed by atoms with Crippen LogP contribution < -0.4 is 16.8 Å². The molecule has 0 aromatic heterocycles. The van der Waals surface area contributed by atoms with E-state index in [4.69, 9.17) is 11.5 Å². The first-order valence-corrected chi connectivity index (χ1v) is 5.35. The van der Waals surface area contributed by atoms with Crippen LogP contribution in [0.15, 0.2) is 30.3 Å². The molecule has 17 heavy (non-hydrogen) atoms. The minimum absolute atomic E-state index is 0.108. The van der Waals surface area contributed by atoms with Crippen LogP contribution in [0.5, 0.6) is 0 Å². The Morgan fingerprint density at radius 1 is 1.29 bits per heavy atom. The van der Waals surface area contributed by atoms with Crippen molar-refractivity contribution in [2.45, 2.75) is 18.9 Å². The summed E-state index contributed by atoms with van der Waals surface area (Å²) in [6, 6.07) is 9.06. The molecule has 0 saturated heterocycles. The smallest absolute Gasteiger partial charge is 0.244 e. The highest BCUT2D eigenvalue weighted by Crippen LogP contribution is 2.17. The molecule has 1 aromatic carbocycles. The van der Waals surface area contributed by atoms with E-state index >= 15 is 0 Å². The Morgan fingerprint density at radius 2 is 1.88 bits per heavy atom. The van der Waals surface area contributed by atoms with Crippen molar-refractivity contribution in [2.24, 2.45) is 11.5 Å². The van der Waals surface area contributed by atoms with Gasteiger partial charge in [-0.3, -0.25) is 9.59 Å². The molecule has 0 radical (unpaired) electrons. The Bertz CT molecular complexity index is 401. The van der Waals surface area contributed by atoms with Crippen LogP contribution in [0.25, 0.3) is 0 Å². The maximum absolute atomic E-state index is 11.9. The van der Waals surface area contributed by atoms with Crippen LogP contribution in [0.4, 0.5) is 0 Å². The van der Waals surface area contributed by atoms with Gasteiger partial charge in [-0.05, 0) is 12.5 Å². The number of carbonyl (C=O) groups excluding carboxylic acids is 2. The molecule has 5 N–H and O–H groups in total. The zero-order valence-corrected chi connectivity index (χ0v) is 9.77. The lowest BCUT2D eigenvalue weighted by Crippen LogP contribution is -2.49. The third kappa shape index (κ3) is 3.57. The van der Waals surface area contributed by atoms with Crippen LogP contribution in [0, 0.1) is 0 Å². The SMILES string of the molecule is CC(N)(C(=O)NCCC(N)=O)c1ccccc1. The Labute approximate surface area is 100 Å². The van der Waals surface area contributed by atoms with Crippen molar-refractivity contribution in [3.05, 3.63) is 35.9 Å². The minimum atomic E-state index is -1.11. The summed E-state index contributed by atoms with van der Waals surface area (Å²) in [6.07, 6.45) is 0.108. The van der Waals surface area contributed by atoms with E-state index in [0.29, 0.717) is 0 Å². The first-order valence-electron chi connectivity index (χ1n) is 5.35. The summed E-state index contributed by atoms with van der Waals surface area (Å²) < 4.78 is 0. The Morgan fingerprint density at radius 3 is 2.41 bits per heavy atom. The van der Waals surface area contributed by atoms with Gasteiger partial charge >= 0.3 is 0 Å². The molecule has 0 heterocycles. The summed E-state index contributed by atoms with van der Waals surface area (Å²) in [5.41, 5.74) is 10.6. The maximum atomic E-state index is 11.9. The number of amides is 2. The van der Waals surface area contributed by atoms with E-state index in [9.17, 15) is 9.59 Å². The van der Waals surface area contributed by atoms with Gasteiger partial charge in [0.05, 0.1) is 0 Å². The quantitative estimate of drug-likeness (QED) is 0.662. The highest BCUT2D eigenvalue weighted by molar-refractivity contribution is 5.87. The molecule has 5 heteroatoms. The van der Waals surface area contributed by atoms with Crippen LogP contribution in [-0.4, -0.2) is 18.4 Å². The first kappa shape index (κ1) is 13.2. The van der Waals surface area contributed by atoms with Gasteiger partial charge in [0.15, 0.2) is 0 Å². The zero-order chi connectivity index (χ0) is 12.9. The number of benzene rings is 1. The summed E-state index contributed by atoms with van der Waals surface area (Å²) in [5, 5.41) is 2.59. The van der Waals surface area contributed by atoms with Gasteiger partial charge in [-0.2, -0.15) is 0 Å². The second kappa shape index (κ2) is 5.45. The predicted octanol–water partition coefficient (Wildman–Crippen LogP) is -0.148. The lowest BCUT2D eigenvalue weighted by molar-refractivity contribution is -0.126. The van der Waals surface area contributed by atoms with Crippen LogP contribution in [0.3, 0.4) is 0 Å². The van der Waals surface area contributed by atoms with Crippen molar-refractivity contribution < 1.29 is 9.59 Å². The van der Waals surface area contributed by atoms with E-state index in [0.717, 1.165) is 5.56 Å². The first-order chi connectivity index (χ1) is 7.94. The number of primary amides is 1. The fourth-order valence-electron chi connectivity index (χ4n) is 1.40. The Balaban J connectivity index is 2.64. The van der Waals surface area contributed by atoms with Crippen LogP contribution in [0.1, 0.15) is 18.9 Å². The van der Waals surface area contributed by atoms with Gasteiger partial charge in [-0.25, -0.2) is 0 Å². The molecule has 0 saturated carbocycles. The molecule has 2 amide bonds. The van der Waals surface area contributed by atoms with E-state index in [1.807, 2.05) is 18.2 Å². The second-order valence-electron chi connectivity index (χ2n) is 4.04. The molecule has 0 aliphatic carbocycles. The normalized spacial score (nSPS) is 13.8. The summed E-state index contributed by atoms with van der Waals surface area (Å²) in [4.78, 5) is 22.4. The van der Waals surface area contributed by atoms with Crippen LogP contribution in [0.2, 0.25) is 0 Å². The maximum Gasteiger partial charge on any atom is 0.244 e. The number of carbonyl (C=O) groups is 2. The summed E-state index contributed by atoms with van der Waals surface area (Å²) >= 11 is 0. The molecule has 1 atom stereocenters. The Hall–Kier alpha value is -1.88. The molecule has 0 aliphatic rings. The van der Waals surface area contributed by atoms with Gasteiger partial charge in [-0.1, -0.05) is 30.3 Å². The largest absolute Gasteiger partial charge is 0.370 e. The van der Waals surface area contributed by atoms with Crippen molar-refractivity contribution in [1.82, 2.24) is 5.32 Å². The van der Waals surface area contributed by atoms with Crippen molar-refractivity contribution in [3.63, 3.8) is 0 Å². The molecular weight excluding hydrogens is 218 g/mol. The number of nitrogens with one attached hydrogen (secondary N) is 1. The van der Waals surface area contributed by atoms with Gasteiger partial charge in [0.2, 0.25) is 11.8 Å². The van der Waals surface area contributed by atoms with E-state index in [1.54, 1.807) is 19.1 Å². The monoisotopic (exact) mass is 235 g/mol. The molecule has 1 unspecified atom stereocenters. The number of hydrogen-bond donors (Lipinski definition) is 3. The van der Waals surface area contributed by atoms with Crippen LogP contribution >= 0.6 is 0 Å². The summed E-state index contributed by atoms with van der Waals surface area (Å²) in [5.74, 6) is -0.784. The van der Waals surface area contributed by atoms with Crippen molar-refractivity contribution in [1.29, 1.82) is 0 Å². The second-order valence-corrected chi connectivity index (χ2v) is 4.04.